The molecule has 1 aliphatic heterocycles. The number of nitrogens with zero attached hydrogens (tertiary/aromatic N) is 2. The van der Waals surface area contributed by atoms with E-state index in [1.807, 2.05) is 74.5 Å². The normalized spacial score (nSPS) is 17.9. The average molecular weight is 517 g/mol. The molecule has 1 N–H and O–H groups in total. The fraction of sp³-hybridized carbons (Fsp3) is 0.387. The summed E-state index contributed by atoms with van der Waals surface area (Å²) in [6.07, 6.45) is 1.18. The zero-order chi connectivity index (χ0) is 27.5. The summed E-state index contributed by atoms with van der Waals surface area (Å²) >= 11 is 0. The molecular formula is C31H36N2O5. The molecule has 200 valence electrons. The van der Waals surface area contributed by atoms with E-state index in [0.29, 0.717) is 16.9 Å². The lowest BCUT2D eigenvalue weighted by molar-refractivity contribution is -0.158. The first-order valence-electron chi connectivity index (χ1n) is 13.0. The van der Waals surface area contributed by atoms with Crippen LogP contribution in [0.3, 0.4) is 0 Å². The fourth-order valence-corrected chi connectivity index (χ4v) is 4.76. The van der Waals surface area contributed by atoms with Crippen molar-refractivity contribution in [2.24, 2.45) is 5.41 Å². The second-order valence-corrected chi connectivity index (χ2v) is 11.0. The van der Waals surface area contributed by atoms with Crippen LogP contribution in [-0.2, 0) is 15.1 Å². The van der Waals surface area contributed by atoms with E-state index in [1.165, 1.54) is 6.20 Å². The summed E-state index contributed by atoms with van der Waals surface area (Å²) in [5.74, 6) is -0.144. The standard InChI is InChI=1S/C31H36N2O5/c1-21(2)37-24-16-17-26(32-19-24)28(34)33-20-25(38-29(35)30(3,4)5)18-27(33)31(36,22-12-8-6-9-13-22)23-14-10-7-11-15-23/h6-17,19,21,25,27,36H,18,20H2,1-5H3/t25-,27+/m1/s1. The molecule has 1 aromatic heterocycles. The van der Waals surface area contributed by atoms with Gasteiger partial charge in [-0.05, 0) is 57.9 Å². The predicted molar refractivity (Wildman–Crippen MR) is 145 cm³/mol. The third-order valence-electron chi connectivity index (χ3n) is 6.65. The first-order chi connectivity index (χ1) is 18.0. The van der Waals surface area contributed by atoms with Gasteiger partial charge < -0.3 is 19.5 Å². The van der Waals surface area contributed by atoms with Gasteiger partial charge in [0.2, 0.25) is 0 Å². The zero-order valence-electron chi connectivity index (χ0n) is 22.6. The summed E-state index contributed by atoms with van der Waals surface area (Å²) in [6.45, 7) is 9.35. The molecule has 7 heteroatoms. The Kier molecular flexibility index (Phi) is 7.88. The van der Waals surface area contributed by atoms with Crippen LogP contribution in [0.15, 0.2) is 79.0 Å². The highest BCUT2D eigenvalue weighted by molar-refractivity contribution is 5.93. The molecule has 7 nitrogen and oxygen atoms in total. The summed E-state index contributed by atoms with van der Waals surface area (Å²) in [7, 11) is 0. The fourth-order valence-electron chi connectivity index (χ4n) is 4.76. The summed E-state index contributed by atoms with van der Waals surface area (Å²) in [6, 6.07) is 21.2. The largest absolute Gasteiger partial charge is 0.489 e. The highest BCUT2D eigenvalue weighted by Crippen LogP contribution is 2.41. The highest BCUT2D eigenvalue weighted by atomic mass is 16.5. The molecule has 0 unspecified atom stereocenters. The minimum Gasteiger partial charge on any atom is -0.489 e. The smallest absolute Gasteiger partial charge is 0.311 e. The van der Waals surface area contributed by atoms with Crippen molar-refractivity contribution in [3.05, 3.63) is 95.8 Å². The van der Waals surface area contributed by atoms with E-state index in [4.69, 9.17) is 9.47 Å². The van der Waals surface area contributed by atoms with E-state index < -0.39 is 23.2 Å². The van der Waals surface area contributed by atoms with Gasteiger partial charge in [0.1, 0.15) is 23.1 Å². The van der Waals surface area contributed by atoms with E-state index in [-0.39, 0.29) is 36.6 Å². The highest BCUT2D eigenvalue weighted by Gasteiger charge is 2.51. The number of aliphatic hydroxyl groups is 1. The molecule has 2 atom stereocenters. The summed E-state index contributed by atoms with van der Waals surface area (Å²) in [4.78, 5) is 32.6. The van der Waals surface area contributed by atoms with Crippen LogP contribution in [-0.4, -0.2) is 51.7 Å². The lowest BCUT2D eigenvalue weighted by Crippen LogP contribution is -2.50. The van der Waals surface area contributed by atoms with Crippen molar-refractivity contribution in [1.82, 2.24) is 9.88 Å². The van der Waals surface area contributed by atoms with Gasteiger partial charge in [-0.15, -0.1) is 0 Å². The van der Waals surface area contributed by atoms with Gasteiger partial charge in [-0.3, -0.25) is 9.59 Å². The van der Waals surface area contributed by atoms with Gasteiger partial charge in [0, 0.05) is 6.42 Å². The minimum atomic E-state index is -1.55. The maximum Gasteiger partial charge on any atom is 0.311 e. The Morgan fingerprint density at radius 1 is 0.947 bits per heavy atom. The van der Waals surface area contributed by atoms with E-state index >= 15 is 0 Å². The molecule has 2 heterocycles. The van der Waals surface area contributed by atoms with E-state index in [2.05, 4.69) is 4.98 Å². The van der Waals surface area contributed by atoms with Gasteiger partial charge in [0.15, 0.2) is 0 Å². The molecule has 0 saturated carbocycles. The number of ether oxygens (including phenoxy) is 2. The van der Waals surface area contributed by atoms with Crippen LogP contribution < -0.4 is 4.74 Å². The van der Waals surface area contributed by atoms with Gasteiger partial charge in [0.05, 0.1) is 30.3 Å². The lowest BCUT2D eigenvalue weighted by atomic mass is 9.78. The van der Waals surface area contributed by atoms with Gasteiger partial charge in [-0.1, -0.05) is 60.7 Å². The number of amides is 1. The third-order valence-corrected chi connectivity index (χ3v) is 6.65. The van der Waals surface area contributed by atoms with Crippen molar-refractivity contribution in [2.45, 2.75) is 64.9 Å². The molecule has 0 spiro atoms. The number of benzene rings is 2. The quantitative estimate of drug-likeness (QED) is 0.446. The molecule has 1 amide bonds. The second-order valence-electron chi connectivity index (χ2n) is 11.0. The van der Waals surface area contributed by atoms with Crippen LogP contribution in [0.2, 0.25) is 0 Å². The number of pyridine rings is 1. The monoisotopic (exact) mass is 516 g/mol. The number of esters is 1. The van der Waals surface area contributed by atoms with Crippen LogP contribution in [0.4, 0.5) is 0 Å². The Bertz CT molecular complexity index is 1200. The summed E-state index contributed by atoms with van der Waals surface area (Å²) in [5, 5.41) is 12.5. The predicted octanol–water partition coefficient (Wildman–Crippen LogP) is 4.98. The van der Waals surface area contributed by atoms with Crippen LogP contribution in [0, 0.1) is 5.41 Å². The Morgan fingerprint density at radius 2 is 1.53 bits per heavy atom. The number of aromatic nitrogens is 1. The Labute approximate surface area is 224 Å². The lowest BCUT2D eigenvalue weighted by Gasteiger charge is -2.39. The maximum atomic E-state index is 13.9. The van der Waals surface area contributed by atoms with Crippen LogP contribution in [0.5, 0.6) is 5.75 Å². The van der Waals surface area contributed by atoms with Crippen LogP contribution >= 0.6 is 0 Å². The molecule has 4 rings (SSSR count). The SMILES string of the molecule is CC(C)Oc1ccc(C(=O)N2C[C@H](OC(=O)C(C)(C)C)C[C@H]2C(O)(c2ccccc2)c2ccccc2)nc1. The van der Waals surface area contributed by atoms with Crippen molar-refractivity contribution >= 4 is 11.9 Å². The topological polar surface area (TPSA) is 89.0 Å². The first-order valence-corrected chi connectivity index (χ1v) is 13.0. The van der Waals surface area contributed by atoms with Crippen molar-refractivity contribution < 1.29 is 24.2 Å². The van der Waals surface area contributed by atoms with Gasteiger partial charge >= 0.3 is 5.97 Å². The zero-order valence-corrected chi connectivity index (χ0v) is 22.6. The van der Waals surface area contributed by atoms with Crippen molar-refractivity contribution in [1.29, 1.82) is 0 Å². The number of hydrogen-bond donors (Lipinski definition) is 1. The summed E-state index contributed by atoms with van der Waals surface area (Å²) in [5.41, 5.74) is -0.745. The molecule has 3 aromatic rings. The average Bonchev–Trinajstić information content (AvgIpc) is 3.32. The molecule has 1 fully saturated rings. The molecule has 0 radical (unpaired) electrons. The van der Waals surface area contributed by atoms with Crippen molar-refractivity contribution in [3.63, 3.8) is 0 Å². The number of likely N-dealkylation sites (tertiary alicyclic amines) is 1. The molecule has 1 saturated heterocycles. The second kappa shape index (κ2) is 11.0. The molecular weight excluding hydrogens is 480 g/mol. The minimum absolute atomic E-state index is 0.0219. The number of hydrogen-bond acceptors (Lipinski definition) is 6. The number of carbonyl (C=O) groups is 2. The van der Waals surface area contributed by atoms with E-state index in [9.17, 15) is 14.7 Å². The Morgan fingerprint density at radius 3 is 2.00 bits per heavy atom. The van der Waals surface area contributed by atoms with E-state index in [0.717, 1.165) is 0 Å². The first kappa shape index (κ1) is 27.3. The maximum absolute atomic E-state index is 13.9. The Balaban J connectivity index is 1.76. The van der Waals surface area contributed by atoms with Crippen molar-refractivity contribution in [3.8, 4) is 5.75 Å². The molecule has 0 bridgehead atoms. The van der Waals surface area contributed by atoms with Gasteiger partial charge in [-0.25, -0.2) is 4.98 Å². The number of rotatable bonds is 7. The Hall–Kier alpha value is -3.71. The molecule has 0 aliphatic carbocycles. The summed E-state index contributed by atoms with van der Waals surface area (Å²) < 4.78 is 11.5. The number of carbonyl (C=O) groups excluding carboxylic acids is 2. The molecule has 38 heavy (non-hydrogen) atoms. The van der Waals surface area contributed by atoms with Gasteiger partial charge in [-0.2, -0.15) is 0 Å². The molecule has 2 aromatic carbocycles. The third kappa shape index (κ3) is 5.73. The van der Waals surface area contributed by atoms with Gasteiger partial charge in [0.25, 0.3) is 5.91 Å². The van der Waals surface area contributed by atoms with Crippen molar-refractivity contribution in [2.75, 3.05) is 6.54 Å². The van der Waals surface area contributed by atoms with E-state index in [1.54, 1.807) is 37.8 Å². The molecule has 1 aliphatic rings. The van der Waals surface area contributed by atoms with Crippen LogP contribution in [0.1, 0.15) is 62.7 Å². The van der Waals surface area contributed by atoms with Crippen LogP contribution in [0.25, 0.3) is 0 Å².